The number of ketones is 1. The molecule has 1 aromatic rings. The maximum Gasteiger partial charge on any atom is 0.171 e. The molecule has 4 heteroatoms. The number of pyridine rings is 1. The van der Waals surface area contributed by atoms with Crippen LogP contribution in [0.5, 0.6) is 5.75 Å². The van der Waals surface area contributed by atoms with Gasteiger partial charge in [0, 0.05) is 23.7 Å². The summed E-state index contributed by atoms with van der Waals surface area (Å²) in [4.78, 5) is 16.2. The van der Waals surface area contributed by atoms with E-state index >= 15 is 0 Å². The summed E-state index contributed by atoms with van der Waals surface area (Å²) in [5.74, 6) is 0.566. The predicted molar refractivity (Wildman–Crippen MR) is 65.0 cm³/mol. The van der Waals surface area contributed by atoms with Crippen molar-refractivity contribution >= 4 is 5.78 Å². The zero-order valence-corrected chi connectivity index (χ0v) is 9.80. The molecule has 0 radical (unpaired) electrons. The standard InChI is InChI=1S/C13H16N2O2/c1-2-17-12-6-10(7-15-8-12)13(16)9-3-4-11(14)5-9/h3-4,6-9,11H,2,5,14H2,1H3. The third kappa shape index (κ3) is 2.71. The van der Waals surface area contributed by atoms with Crippen molar-refractivity contribution in [1.29, 1.82) is 0 Å². The summed E-state index contributed by atoms with van der Waals surface area (Å²) in [6.07, 6.45) is 7.61. The van der Waals surface area contributed by atoms with Gasteiger partial charge < -0.3 is 10.5 Å². The minimum atomic E-state index is -0.122. The zero-order chi connectivity index (χ0) is 12.3. The van der Waals surface area contributed by atoms with E-state index in [4.69, 9.17) is 10.5 Å². The van der Waals surface area contributed by atoms with Crippen LogP contribution in [0.3, 0.4) is 0 Å². The molecule has 90 valence electrons. The van der Waals surface area contributed by atoms with Crippen LogP contribution in [0.25, 0.3) is 0 Å². The summed E-state index contributed by atoms with van der Waals surface area (Å²) >= 11 is 0. The van der Waals surface area contributed by atoms with Crippen molar-refractivity contribution in [1.82, 2.24) is 4.98 Å². The van der Waals surface area contributed by atoms with Gasteiger partial charge in [-0.15, -0.1) is 0 Å². The number of hydrogen-bond donors (Lipinski definition) is 1. The molecule has 0 aliphatic heterocycles. The second kappa shape index (κ2) is 5.10. The average Bonchev–Trinajstić information content (AvgIpc) is 2.76. The molecule has 2 N–H and O–H groups in total. The van der Waals surface area contributed by atoms with Crippen LogP contribution in [0.1, 0.15) is 23.7 Å². The highest BCUT2D eigenvalue weighted by atomic mass is 16.5. The van der Waals surface area contributed by atoms with Gasteiger partial charge >= 0.3 is 0 Å². The smallest absolute Gasteiger partial charge is 0.171 e. The van der Waals surface area contributed by atoms with Crippen molar-refractivity contribution in [2.24, 2.45) is 11.7 Å². The first-order valence-corrected chi connectivity index (χ1v) is 5.76. The van der Waals surface area contributed by atoms with Crippen LogP contribution in [0.4, 0.5) is 0 Å². The minimum absolute atomic E-state index is 0.00742. The lowest BCUT2D eigenvalue weighted by Crippen LogP contribution is -2.19. The van der Waals surface area contributed by atoms with E-state index in [1.165, 1.54) is 0 Å². The highest BCUT2D eigenvalue weighted by molar-refractivity contribution is 5.99. The van der Waals surface area contributed by atoms with Crippen LogP contribution < -0.4 is 10.5 Å². The van der Waals surface area contributed by atoms with Crippen molar-refractivity contribution in [3.63, 3.8) is 0 Å². The molecule has 4 nitrogen and oxygen atoms in total. The molecule has 1 heterocycles. The molecule has 2 rings (SSSR count). The maximum absolute atomic E-state index is 12.1. The predicted octanol–water partition coefficient (Wildman–Crippen LogP) is 1.57. The van der Waals surface area contributed by atoms with Crippen molar-refractivity contribution in [2.45, 2.75) is 19.4 Å². The third-order valence-corrected chi connectivity index (χ3v) is 2.76. The fraction of sp³-hybridized carbons (Fsp3) is 0.385. The molecule has 0 amide bonds. The van der Waals surface area contributed by atoms with Crippen molar-refractivity contribution < 1.29 is 9.53 Å². The molecule has 0 spiro atoms. The first-order chi connectivity index (χ1) is 8.20. The van der Waals surface area contributed by atoms with E-state index in [-0.39, 0.29) is 17.7 Å². The molecule has 2 atom stereocenters. The number of Topliss-reactive ketones (excluding diaryl/α,β-unsaturated/α-hetero) is 1. The number of allylic oxidation sites excluding steroid dienone is 1. The second-order valence-corrected chi connectivity index (χ2v) is 4.10. The Kier molecular flexibility index (Phi) is 3.54. The highest BCUT2D eigenvalue weighted by Crippen LogP contribution is 2.22. The monoisotopic (exact) mass is 232 g/mol. The average molecular weight is 232 g/mol. The van der Waals surface area contributed by atoms with Gasteiger partial charge in [0.15, 0.2) is 5.78 Å². The number of nitrogens with zero attached hydrogens (tertiary/aromatic N) is 1. The van der Waals surface area contributed by atoms with E-state index in [0.29, 0.717) is 24.3 Å². The van der Waals surface area contributed by atoms with E-state index in [1.54, 1.807) is 18.5 Å². The summed E-state index contributed by atoms with van der Waals surface area (Å²) in [7, 11) is 0. The van der Waals surface area contributed by atoms with Gasteiger partial charge in [-0.05, 0) is 19.4 Å². The van der Waals surface area contributed by atoms with Gasteiger partial charge in [0.2, 0.25) is 0 Å². The summed E-state index contributed by atoms with van der Waals surface area (Å²) in [5, 5.41) is 0. The van der Waals surface area contributed by atoms with Crippen molar-refractivity contribution in [2.75, 3.05) is 6.61 Å². The lowest BCUT2D eigenvalue weighted by molar-refractivity contribution is 0.0942. The van der Waals surface area contributed by atoms with Crippen LogP contribution in [0.15, 0.2) is 30.6 Å². The Bertz CT molecular complexity index is 443. The molecule has 0 saturated heterocycles. The number of hydrogen-bond acceptors (Lipinski definition) is 4. The number of rotatable bonds is 4. The maximum atomic E-state index is 12.1. The first-order valence-electron chi connectivity index (χ1n) is 5.76. The van der Waals surface area contributed by atoms with E-state index in [0.717, 1.165) is 0 Å². The molecular formula is C13H16N2O2. The van der Waals surface area contributed by atoms with Crippen LogP contribution >= 0.6 is 0 Å². The third-order valence-electron chi connectivity index (χ3n) is 2.76. The molecule has 1 aliphatic rings. The summed E-state index contributed by atoms with van der Waals surface area (Å²) in [5.41, 5.74) is 6.32. The van der Waals surface area contributed by atoms with Gasteiger partial charge in [0.25, 0.3) is 0 Å². The van der Waals surface area contributed by atoms with Crippen LogP contribution in [-0.2, 0) is 0 Å². The largest absolute Gasteiger partial charge is 0.492 e. The van der Waals surface area contributed by atoms with E-state index in [1.807, 2.05) is 19.1 Å². The van der Waals surface area contributed by atoms with Gasteiger partial charge in [-0.2, -0.15) is 0 Å². The number of aromatic nitrogens is 1. The van der Waals surface area contributed by atoms with Crippen molar-refractivity contribution in [3.05, 3.63) is 36.2 Å². The van der Waals surface area contributed by atoms with Gasteiger partial charge in [-0.3, -0.25) is 9.78 Å². The van der Waals surface area contributed by atoms with Crippen molar-refractivity contribution in [3.8, 4) is 5.75 Å². The topological polar surface area (TPSA) is 65.2 Å². The Morgan fingerprint density at radius 3 is 3.00 bits per heavy atom. The molecule has 0 fully saturated rings. The van der Waals surface area contributed by atoms with E-state index in [2.05, 4.69) is 4.98 Å². The molecule has 17 heavy (non-hydrogen) atoms. The fourth-order valence-corrected chi connectivity index (χ4v) is 1.93. The Labute approximate surface area is 100 Å². The molecular weight excluding hydrogens is 216 g/mol. The SMILES string of the molecule is CCOc1cncc(C(=O)C2C=CC(N)C2)c1. The number of carbonyl (C=O) groups excluding carboxylic acids is 1. The summed E-state index contributed by atoms with van der Waals surface area (Å²) < 4.78 is 5.32. The molecule has 1 aromatic heterocycles. The lowest BCUT2D eigenvalue weighted by atomic mass is 9.97. The van der Waals surface area contributed by atoms with Crippen LogP contribution in [0.2, 0.25) is 0 Å². The molecule has 1 aliphatic carbocycles. The highest BCUT2D eigenvalue weighted by Gasteiger charge is 2.24. The Hall–Kier alpha value is -1.68. The number of carbonyl (C=O) groups is 1. The van der Waals surface area contributed by atoms with Crippen LogP contribution in [0, 0.1) is 5.92 Å². The molecule has 2 unspecified atom stereocenters. The Balaban J connectivity index is 2.14. The first kappa shape index (κ1) is 11.8. The summed E-state index contributed by atoms with van der Waals surface area (Å²) in [6, 6.07) is 1.73. The van der Waals surface area contributed by atoms with Crippen LogP contribution in [-0.4, -0.2) is 23.4 Å². The Morgan fingerprint density at radius 1 is 1.53 bits per heavy atom. The quantitative estimate of drug-likeness (QED) is 0.632. The zero-order valence-electron chi connectivity index (χ0n) is 9.80. The fourth-order valence-electron chi connectivity index (χ4n) is 1.93. The van der Waals surface area contributed by atoms with E-state index in [9.17, 15) is 4.79 Å². The molecule has 0 saturated carbocycles. The van der Waals surface area contributed by atoms with Gasteiger partial charge in [-0.25, -0.2) is 0 Å². The normalized spacial score (nSPS) is 22.7. The number of ether oxygens (including phenoxy) is 1. The second-order valence-electron chi connectivity index (χ2n) is 4.10. The minimum Gasteiger partial charge on any atom is -0.492 e. The summed E-state index contributed by atoms with van der Waals surface area (Å²) in [6.45, 7) is 2.46. The Morgan fingerprint density at radius 2 is 2.35 bits per heavy atom. The van der Waals surface area contributed by atoms with Gasteiger partial charge in [-0.1, -0.05) is 12.2 Å². The lowest BCUT2D eigenvalue weighted by Gasteiger charge is -2.09. The molecule has 0 aromatic carbocycles. The molecule has 0 bridgehead atoms. The van der Waals surface area contributed by atoms with Gasteiger partial charge in [0.1, 0.15) is 5.75 Å². The van der Waals surface area contributed by atoms with E-state index < -0.39 is 0 Å². The van der Waals surface area contributed by atoms with Gasteiger partial charge in [0.05, 0.1) is 12.8 Å². The number of nitrogens with two attached hydrogens (primary N) is 1.